The van der Waals surface area contributed by atoms with Gasteiger partial charge >= 0.3 is 0 Å². The highest BCUT2D eigenvalue weighted by molar-refractivity contribution is 7.16. The number of aromatic nitrogens is 1. The van der Waals surface area contributed by atoms with Crippen LogP contribution in [0.2, 0.25) is 0 Å². The SMILES string of the molecule is COc1cc2s/c(=N\N)n(C)c2cc1OC. The lowest BCUT2D eigenvalue weighted by atomic mass is 10.3. The van der Waals surface area contributed by atoms with Gasteiger partial charge in [0, 0.05) is 19.2 Å². The van der Waals surface area contributed by atoms with Crippen molar-refractivity contribution in [2.75, 3.05) is 14.2 Å². The first-order valence-corrected chi connectivity index (χ1v) is 5.48. The van der Waals surface area contributed by atoms with Gasteiger partial charge in [-0.1, -0.05) is 11.3 Å². The van der Waals surface area contributed by atoms with Crippen LogP contribution >= 0.6 is 11.3 Å². The third kappa shape index (κ3) is 1.51. The zero-order valence-electron chi connectivity index (χ0n) is 9.35. The minimum Gasteiger partial charge on any atom is -0.493 e. The van der Waals surface area contributed by atoms with E-state index in [0.717, 1.165) is 15.0 Å². The number of fused-ring (bicyclic) bond motifs is 1. The minimum atomic E-state index is 0.701. The van der Waals surface area contributed by atoms with Gasteiger partial charge in [0.15, 0.2) is 11.5 Å². The lowest BCUT2D eigenvalue weighted by Gasteiger charge is -2.07. The van der Waals surface area contributed by atoms with Crippen molar-refractivity contribution in [3.05, 3.63) is 16.9 Å². The van der Waals surface area contributed by atoms with Gasteiger partial charge in [0.2, 0.25) is 4.80 Å². The largest absolute Gasteiger partial charge is 0.493 e. The molecule has 0 unspecified atom stereocenters. The number of nitrogens with two attached hydrogens (primary N) is 1. The molecule has 0 aliphatic heterocycles. The van der Waals surface area contributed by atoms with Crippen LogP contribution in [0.25, 0.3) is 10.2 Å². The van der Waals surface area contributed by atoms with Crippen LogP contribution in [0.5, 0.6) is 11.5 Å². The molecule has 0 saturated carbocycles. The predicted octanol–water partition coefficient (Wildman–Crippen LogP) is 1.03. The summed E-state index contributed by atoms with van der Waals surface area (Å²) in [6.45, 7) is 0. The van der Waals surface area contributed by atoms with E-state index < -0.39 is 0 Å². The Morgan fingerprint density at radius 3 is 2.44 bits per heavy atom. The molecule has 0 saturated heterocycles. The third-order valence-corrected chi connectivity index (χ3v) is 3.53. The van der Waals surface area contributed by atoms with Gasteiger partial charge in [-0.3, -0.25) is 0 Å². The first kappa shape index (κ1) is 10.8. The lowest BCUT2D eigenvalue weighted by molar-refractivity contribution is 0.356. The van der Waals surface area contributed by atoms with Gasteiger partial charge in [-0.25, -0.2) is 0 Å². The topological polar surface area (TPSA) is 61.8 Å². The molecule has 0 aliphatic carbocycles. The molecule has 2 N–H and O–H groups in total. The Bertz CT molecular complexity index is 585. The zero-order chi connectivity index (χ0) is 11.7. The fourth-order valence-electron chi connectivity index (χ4n) is 1.58. The van der Waals surface area contributed by atoms with Crippen LogP contribution in [0.15, 0.2) is 17.2 Å². The standard InChI is InChI=1S/C10H13N3O2S/c1-13-6-4-7(14-2)8(15-3)5-9(6)16-10(13)12-11/h4-5H,11H2,1-3H3/b12-10-. The van der Waals surface area contributed by atoms with Gasteiger partial charge in [-0.2, -0.15) is 5.10 Å². The molecule has 0 fully saturated rings. The molecular weight excluding hydrogens is 226 g/mol. The molecule has 1 aromatic heterocycles. The van der Waals surface area contributed by atoms with E-state index in [1.54, 1.807) is 14.2 Å². The van der Waals surface area contributed by atoms with Crippen LogP contribution in [0.4, 0.5) is 0 Å². The molecule has 16 heavy (non-hydrogen) atoms. The highest BCUT2D eigenvalue weighted by Crippen LogP contribution is 2.32. The fraction of sp³-hybridized carbons (Fsp3) is 0.300. The highest BCUT2D eigenvalue weighted by atomic mass is 32.1. The van der Waals surface area contributed by atoms with E-state index >= 15 is 0 Å². The van der Waals surface area contributed by atoms with E-state index in [9.17, 15) is 0 Å². The summed E-state index contributed by atoms with van der Waals surface area (Å²) in [4.78, 5) is 0.755. The molecule has 0 atom stereocenters. The van der Waals surface area contributed by atoms with Gasteiger partial charge in [0.1, 0.15) is 0 Å². The van der Waals surface area contributed by atoms with Gasteiger partial charge in [0.05, 0.1) is 24.4 Å². The molecule has 1 heterocycles. The molecule has 0 spiro atoms. The number of thiazole rings is 1. The van der Waals surface area contributed by atoms with E-state index in [1.165, 1.54) is 11.3 Å². The summed E-state index contributed by atoms with van der Waals surface area (Å²) in [7, 11) is 5.15. The van der Waals surface area contributed by atoms with Crippen LogP contribution in [-0.2, 0) is 7.05 Å². The number of methoxy groups -OCH3 is 2. The molecule has 0 aliphatic rings. The second-order valence-electron chi connectivity index (χ2n) is 3.25. The van der Waals surface area contributed by atoms with Crippen molar-refractivity contribution in [1.29, 1.82) is 0 Å². The van der Waals surface area contributed by atoms with Crippen molar-refractivity contribution in [2.24, 2.45) is 18.0 Å². The summed E-state index contributed by atoms with van der Waals surface area (Å²) in [5.41, 5.74) is 1.02. The van der Waals surface area contributed by atoms with E-state index in [2.05, 4.69) is 5.10 Å². The normalized spacial score (nSPS) is 12.1. The van der Waals surface area contributed by atoms with Crippen molar-refractivity contribution in [3.8, 4) is 11.5 Å². The summed E-state index contributed by atoms with van der Waals surface area (Å²) >= 11 is 1.51. The molecule has 1 aromatic carbocycles. The highest BCUT2D eigenvalue weighted by Gasteiger charge is 2.10. The number of ether oxygens (including phenoxy) is 2. The predicted molar refractivity (Wildman–Crippen MR) is 63.7 cm³/mol. The second kappa shape index (κ2) is 4.05. The Kier molecular flexibility index (Phi) is 2.74. The zero-order valence-corrected chi connectivity index (χ0v) is 10.2. The average Bonchev–Trinajstić information content (AvgIpc) is 2.63. The molecular formula is C10H13N3O2S. The Labute approximate surface area is 96.7 Å². The maximum atomic E-state index is 5.31. The summed E-state index contributed by atoms with van der Waals surface area (Å²) in [5.74, 6) is 6.72. The first-order valence-electron chi connectivity index (χ1n) is 4.66. The summed E-state index contributed by atoms with van der Waals surface area (Å²) < 4.78 is 13.5. The molecule has 6 heteroatoms. The van der Waals surface area contributed by atoms with Crippen LogP contribution in [0, 0.1) is 0 Å². The number of hydrogen-bond acceptors (Lipinski definition) is 5. The molecule has 0 bridgehead atoms. The smallest absolute Gasteiger partial charge is 0.208 e. The lowest BCUT2D eigenvalue weighted by Crippen LogP contribution is -2.12. The molecule has 86 valence electrons. The Morgan fingerprint density at radius 2 is 1.88 bits per heavy atom. The number of benzene rings is 1. The van der Waals surface area contributed by atoms with Crippen LogP contribution < -0.4 is 20.1 Å². The number of rotatable bonds is 2. The fourth-order valence-corrected chi connectivity index (χ4v) is 2.53. The van der Waals surface area contributed by atoms with E-state index in [-0.39, 0.29) is 0 Å². The van der Waals surface area contributed by atoms with Gasteiger partial charge in [0.25, 0.3) is 0 Å². The number of hydrogen-bond donors (Lipinski definition) is 1. The Morgan fingerprint density at radius 1 is 1.25 bits per heavy atom. The van der Waals surface area contributed by atoms with E-state index in [1.807, 2.05) is 23.7 Å². The van der Waals surface area contributed by atoms with E-state index in [4.69, 9.17) is 15.3 Å². The summed E-state index contributed by atoms with van der Waals surface area (Å²) in [6.07, 6.45) is 0. The molecule has 2 rings (SSSR count). The monoisotopic (exact) mass is 239 g/mol. The van der Waals surface area contributed by atoms with Crippen molar-refractivity contribution < 1.29 is 9.47 Å². The van der Waals surface area contributed by atoms with Crippen LogP contribution in [0.3, 0.4) is 0 Å². The van der Waals surface area contributed by atoms with Gasteiger partial charge < -0.3 is 19.9 Å². The molecule has 5 nitrogen and oxygen atoms in total. The van der Waals surface area contributed by atoms with Gasteiger partial charge in [-0.05, 0) is 0 Å². The third-order valence-electron chi connectivity index (χ3n) is 2.43. The van der Waals surface area contributed by atoms with Gasteiger partial charge in [-0.15, -0.1) is 0 Å². The average molecular weight is 239 g/mol. The maximum absolute atomic E-state index is 5.31. The van der Waals surface area contributed by atoms with Crippen molar-refractivity contribution in [1.82, 2.24) is 4.57 Å². The maximum Gasteiger partial charge on any atom is 0.208 e. The Hall–Kier alpha value is -1.69. The van der Waals surface area contributed by atoms with Crippen molar-refractivity contribution in [3.63, 3.8) is 0 Å². The minimum absolute atomic E-state index is 0.701. The van der Waals surface area contributed by atoms with Crippen LogP contribution in [0.1, 0.15) is 0 Å². The number of nitrogens with zero attached hydrogens (tertiary/aromatic N) is 2. The summed E-state index contributed by atoms with van der Waals surface area (Å²) in [5, 5.41) is 3.72. The van der Waals surface area contributed by atoms with Crippen LogP contribution in [-0.4, -0.2) is 18.8 Å². The Balaban J connectivity index is 2.81. The van der Waals surface area contributed by atoms with Crippen molar-refractivity contribution >= 4 is 21.6 Å². The molecule has 0 amide bonds. The quantitative estimate of drug-likeness (QED) is 0.629. The number of aryl methyl sites for hydroxylation is 1. The molecule has 0 radical (unpaired) electrons. The van der Waals surface area contributed by atoms with Crippen molar-refractivity contribution in [2.45, 2.75) is 0 Å². The second-order valence-corrected chi connectivity index (χ2v) is 4.26. The summed E-state index contributed by atoms with van der Waals surface area (Å²) in [6, 6.07) is 3.84. The first-order chi connectivity index (χ1) is 7.71. The molecule has 2 aromatic rings. The van der Waals surface area contributed by atoms with E-state index in [0.29, 0.717) is 11.5 Å².